The Bertz CT molecular complexity index is 1400. The summed E-state index contributed by atoms with van der Waals surface area (Å²) < 4.78 is 13.7. The number of aliphatic hydroxyl groups is 1. The van der Waals surface area contributed by atoms with Crippen molar-refractivity contribution >= 4 is 11.7 Å². The van der Waals surface area contributed by atoms with Gasteiger partial charge in [-0.25, -0.2) is 9.78 Å². The molecule has 2 aromatic carbocycles. The molecular formula is C29H27N3O4. The normalized spacial score (nSPS) is 25.0. The van der Waals surface area contributed by atoms with E-state index in [9.17, 15) is 9.90 Å². The Labute approximate surface area is 208 Å². The molecule has 7 rings (SSSR count). The van der Waals surface area contributed by atoms with Crippen LogP contribution in [-0.2, 0) is 15.1 Å². The van der Waals surface area contributed by atoms with Crippen LogP contribution in [-0.4, -0.2) is 57.4 Å². The summed E-state index contributed by atoms with van der Waals surface area (Å²) in [6, 6.07) is 20.0. The summed E-state index contributed by atoms with van der Waals surface area (Å²) in [5, 5.41) is 11.7. The lowest BCUT2D eigenvalue weighted by Gasteiger charge is -2.51. The van der Waals surface area contributed by atoms with E-state index in [4.69, 9.17) is 9.47 Å². The number of carbonyl (C=O) groups is 1. The van der Waals surface area contributed by atoms with E-state index in [-0.39, 0.29) is 30.7 Å². The molecule has 0 spiro atoms. The predicted molar refractivity (Wildman–Crippen MR) is 134 cm³/mol. The number of hydrogen-bond acceptors (Lipinski definition) is 5. The third-order valence-corrected chi connectivity index (χ3v) is 8.04. The van der Waals surface area contributed by atoms with E-state index in [1.54, 1.807) is 11.1 Å². The van der Waals surface area contributed by atoms with Crippen LogP contribution in [0.2, 0.25) is 0 Å². The summed E-state index contributed by atoms with van der Waals surface area (Å²) in [7, 11) is 0. The minimum Gasteiger partial charge on any atom is -0.448 e. The minimum absolute atomic E-state index is 0.0143. The van der Waals surface area contributed by atoms with Gasteiger partial charge in [-0.2, -0.15) is 0 Å². The number of rotatable bonds is 3. The molecule has 1 aliphatic carbocycles. The molecule has 36 heavy (non-hydrogen) atoms. The third kappa shape index (κ3) is 3.34. The lowest BCUT2D eigenvalue weighted by atomic mass is 9.77. The first kappa shape index (κ1) is 21.6. The number of hydrogen-bond donors (Lipinski definition) is 1. The van der Waals surface area contributed by atoms with E-state index in [1.165, 1.54) is 22.3 Å². The largest absolute Gasteiger partial charge is 0.448 e. The molecule has 2 unspecified atom stereocenters. The van der Waals surface area contributed by atoms with E-state index in [0.29, 0.717) is 26.1 Å². The van der Waals surface area contributed by atoms with Crippen LogP contribution in [0.4, 0.5) is 4.79 Å². The highest BCUT2D eigenvalue weighted by Crippen LogP contribution is 2.45. The summed E-state index contributed by atoms with van der Waals surface area (Å²) >= 11 is 0. The molecule has 3 aliphatic rings. The molecule has 1 amide bonds. The van der Waals surface area contributed by atoms with Gasteiger partial charge in [-0.15, -0.1) is 0 Å². The molecule has 182 valence electrons. The number of morpholine rings is 1. The summed E-state index contributed by atoms with van der Waals surface area (Å²) in [4.78, 5) is 19.6. The number of fused-ring (bicyclic) bond motifs is 6. The molecule has 7 heteroatoms. The van der Waals surface area contributed by atoms with Gasteiger partial charge in [0.25, 0.3) is 0 Å². The van der Waals surface area contributed by atoms with E-state index in [2.05, 4.69) is 29.2 Å². The van der Waals surface area contributed by atoms with Crippen LogP contribution in [0.15, 0.2) is 79.3 Å². The topological polar surface area (TPSA) is 76.3 Å². The molecule has 2 atom stereocenters. The van der Waals surface area contributed by atoms with Crippen molar-refractivity contribution < 1.29 is 19.4 Å². The molecule has 4 heterocycles. The highest BCUT2D eigenvalue weighted by molar-refractivity contribution is 5.79. The molecule has 2 aliphatic heterocycles. The monoisotopic (exact) mass is 481 g/mol. The van der Waals surface area contributed by atoms with Crippen LogP contribution >= 0.6 is 0 Å². The highest BCUT2D eigenvalue weighted by Gasteiger charge is 2.49. The first-order valence-corrected chi connectivity index (χ1v) is 12.5. The average molecular weight is 482 g/mol. The van der Waals surface area contributed by atoms with Crippen LogP contribution in [0.3, 0.4) is 0 Å². The number of carbonyl (C=O) groups excluding carboxylic acids is 1. The Balaban J connectivity index is 1.11. The first-order valence-electron chi connectivity index (χ1n) is 12.5. The van der Waals surface area contributed by atoms with Gasteiger partial charge in [0.1, 0.15) is 12.3 Å². The van der Waals surface area contributed by atoms with Crippen molar-refractivity contribution in [2.75, 3.05) is 19.8 Å². The third-order valence-electron chi connectivity index (χ3n) is 8.04. The van der Waals surface area contributed by atoms with Gasteiger partial charge >= 0.3 is 6.09 Å². The number of pyridine rings is 1. The fourth-order valence-corrected chi connectivity index (χ4v) is 6.38. The molecule has 2 saturated heterocycles. The van der Waals surface area contributed by atoms with E-state index in [0.717, 1.165) is 11.2 Å². The van der Waals surface area contributed by atoms with Crippen molar-refractivity contribution in [1.82, 2.24) is 14.3 Å². The zero-order valence-corrected chi connectivity index (χ0v) is 19.8. The lowest BCUT2D eigenvalue weighted by molar-refractivity contribution is -0.136. The molecule has 1 N–H and O–H groups in total. The number of ether oxygens (including phenoxy) is 2. The number of nitrogens with zero attached hydrogens (tertiary/aromatic N) is 3. The smallest absolute Gasteiger partial charge is 0.410 e. The van der Waals surface area contributed by atoms with E-state index < -0.39 is 5.60 Å². The highest BCUT2D eigenvalue weighted by atomic mass is 16.6. The SMILES string of the molecule is O=C(OCC1c2ccccc2-c2ccccc21)N1C2COCC1CC(O)(c1ccn3ccnc3c1)C2. The van der Waals surface area contributed by atoms with Crippen molar-refractivity contribution in [2.45, 2.75) is 36.4 Å². The first-order chi connectivity index (χ1) is 17.6. The van der Waals surface area contributed by atoms with Gasteiger partial charge in [0.05, 0.1) is 30.9 Å². The Morgan fingerprint density at radius 3 is 2.36 bits per heavy atom. The molecule has 2 fully saturated rings. The maximum absolute atomic E-state index is 13.4. The van der Waals surface area contributed by atoms with Gasteiger partial charge in [0.15, 0.2) is 0 Å². The fourth-order valence-electron chi connectivity index (χ4n) is 6.38. The molecule has 2 bridgehead atoms. The Kier molecular flexibility index (Phi) is 4.91. The minimum atomic E-state index is -1.05. The molecular weight excluding hydrogens is 454 g/mol. The van der Waals surface area contributed by atoms with Gasteiger partial charge in [0.2, 0.25) is 0 Å². The van der Waals surface area contributed by atoms with Gasteiger partial charge in [-0.3, -0.25) is 4.90 Å². The van der Waals surface area contributed by atoms with Crippen LogP contribution in [0, 0.1) is 0 Å². The van der Waals surface area contributed by atoms with E-state index in [1.807, 2.05) is 53.2 Å². The second-order valence-corrected chi connectivity index (χ2v) is 10.1. The lowest BCUT2D eigenvalue weighted by Crippen LogP contribution is -2.62. The van der Waals surface area contributed by atoms with Gasteiger partial charge in [0, 0.05) is 37.4 Å². The van der Waals surface area contributed by atoms with Crippen molar-refractivity contribution in [3.05, 3.63) is 95.9 Å². The number of amides is 1. The predicted octanol–water partition coefficient (Wildman–Crippen LogP) is 4.33. The quantitative estimate of drug-likeness (QED) is 0.471. The van der Waals surface area contributed by atoms with Gasteiger partial charge in [-0.1, -0.05) is 48.5 Å². The van der Waals surface area contributed by atoms with Crippen molar-refractivity contribution in [2.24, 2.45) is 0 Å². The Hall–Kier alpha value is -3.68. The summed E-state index contributed by atoms with van der Waals surface area (Å²) in [5.74, 6) is 0.0143. The molecule has 0 saturated carbocycles. The average Bonchev–Trinajstić information content (AvgIpc) is 3.49. The number of benzene rings is 2. The van der Waals surface area contributed by atoms with Crippen molar-refractivity contribution in [3.8, 4) is 11.1 Å². The second kappa shape index (κ2) is 8.18. The Morgan fingerprint density at radius 2 is 1.67 bits per heavy atom. The number of piperidine rings is 1. The Morgan fingerprint density at radius 1 is 1.00 bits per heavy atom. The van der Waals surface area contributed by atoms with E-state index >= 15 is 0 Å². The van der Waals surface area contributed by atoms with Gasteiger partial charge < -0.3 is 19.0 Å². The standard InChI is InChI=1S/C29H27N3O4/c33-28(36-18-26-24-7-3-1-5-22(24)23-6-2-4-8-25(23)26)32-20-14-29(34,15-21(32)17-35-16-20)19-9-11-31-12-10-30-27(31)13-19/h1-13,20-21,26,34H,14-18H2. The van der Waals surface area contributed by atoms with Crippen molar-refractivity contribution in [1.29, 1.82) is 0 Å². The van der Waals surface area contributed by atoms with Crippen molar-refractivity contribution in [3.63, 3.8) is 0 Å². The zero-order chi connectivity index (χ0) is 24.3. The van der Waals surface area contributed by atoms with Crippen LogP contribution in [0.5, 0.6) is 0 Å². The maximum atomic E-state index is 13.4. The molecule has 0 radical (unpaired) electrons. The van der Waals surface area contributed by atoms with Crippen LogP contribution in [0.25, 0.3) is 16.8 Å². The molecule has 2 aromatic heterocycles. The second-order valence-electron chi connectivity index (χ2n) is 10.1. The van der Waals surface area contributed by atoms with Crippen LogP contribution in [0.1, 0.15) is 35.4 Å². The number of imidazole rings is 1. The number of aromatic nitrogens is 2. The summed E-state index contributed by atoms with van der Waals surface area (Å²) in [6.07, 6.45) is 5.99. The van der Waals surface area contributed by atoms with Gasteiger partial charge in [-0.05, 0) is 39.9 Å². The molecule has 4 aromatic rings. The maximum Gasteiger partial charge on any atom is 0.410 e. The summed E-state index contributed by atoms with van der Waals surface area (Å²) in [6.45, 7) is 1.05. The summed E-state index contributed by atoms with van der Waals surface area (Å²) in [5.41, 5.74) is 5.36. The fraction of sp³-hybridized carbons (Fsp3) is 0.310. The zero-order valence-electron chi connectivity index (χ0n) is 19.8. The van der Waals surface area contributed by atoms with Crippen LogP contribution < -0.4 is 0 Å². The molecule has 7 nitrogen and oxygen atoms in total.